The molecule has 1 aromatic heterocycles. The van der Waals surface area contributed by atoms with Gasteiger partial charge >= 0.3 is 0 Å². The van der Waals surface area contributed by atoms with E-state index in [1.54, 1.807) is 25.6 Å². The van der Waals surface area contributed by atoms with Crippen molar-refractivity contribution in [1.29, 1.82) is 0 Å². The van der Waals surface area contributed by atoms with Gasteiger partial charge in [0.15, 0.2) is 28.4 Å². The van der Waals surface area contributed by atoms with Crippen LogP contribution in [0.15, 0.2) is 47.6 Å². The molecule has 3 rings (SSSR count). The van der Waals surface area contributed by atoms with Gasteiger partial charge in [0.25, 0.3) is 0 Å². The zero-order valence-electron chi connectivity index (χ0n) is 14.9. The van der Waals surface area contributed by atoms with E-state index in [0.29, 0.717) is 11.0 Å². The Hall–Kier alpha value is -2.74. The van der Waals surface area contributed by atoms with Gasteiger partial charge in [-0.2, -0.15) is 0 Å². The first-order valence-corrected chi connectivity index (χ1v) is 8.98. The maximum atomic E-state index is 13.4. The highest BCUT2D eigenvalue weighted by Crippen LogP contribution is 2.28. The molecule has 0 bridgehead atoms. The maximum absolute atomic E-state index is 13.4. The molecule has 0 spiro atoms. The highest BCUT2D eigenvalue weighted by molar-refractivity contribution is 8.00. The van der Waals surface area contributed by atoms with Gasteiger partial charge in [0, 0.05) is 18.2 Å². The van der Waals surface area contributed by atoms with Crippen LogP contribution in [-0.4, -0.2) is 32.9 Å². The number of carbonyl (C=O) groups excluding carboxylic acids is 1. The molecule has 0 fully saturated rings. The van der Waals surface area contributed by atoms with Crippen molar-refractivity contribution in [1.82, 2.24) is 14.8 Å². The number of rotatable bonds is 6. The number of hydrogen-bond donors (Lipinski definition) is 0. The Kier molecular flexibility index (Phi) is 5.55. The SMILES string of the molecule is COc1ccc(-c2nnc(S[C@H](C)C(=O)c3ccc(F)c(F)c3)n2C)cc1. The van der Waals surface area contributed by atoms with Gasteiger partial charge in [0.2, 0.25) is 0 Å². The van der Waals surface area contributed by atoms with Crippen LogP contribution in [0.4, 0.5) is 8.78 Å². The summed E-state index contributed by atoms with van der Waals surface area (Å²) >= 11 is 1.21. The molecule has 0 saturated carbocycles. The van der Waals surface area contributed by atoms with Crippen molar-refractivity contribution >= 4 is 17.5 Å². The quantitative estimate of drug-likeness (QED) is 0.469. The van der Waals surface area contributed by atoms with Crippen molar-refractivity contribution in [3.63, 3.8) is 0 Å². The summed E-state index contributed by atoms with van der Waals surface area (Å²) < 4.78 is 33.3. The van der Waals surface area contributed by atoms with E-state index in [0.717, 1.165) is 23.4 Å². The van der Waals surface area contributed by atoms with E-state index in [4.69, 9.17) is 4.74 Å². The van der Waals surface area contributed by atoms with Gasteiger partial charge in [-0.05, 0) is 49.4 Å². The van der Waals surface area contributed by atoms with E-state index in [1.807, 2.05) is 24.3 Å². The third-order valence-corrected chi connectivity index (χ3v) is 5.17. The lowest BCUT2D eigenvalue weighted by Crippen LogP contribution is -2.15. The molecule has 1 heterocycles. The van der Waals surface area contributed by atoms with E-state index in [2.05, 4.69) is 10.2 Å². The van der Waals surface area contributed by atoms with Crippen LogP contribution in [0.3, 0.4) is 0 Å². The molecule has 5 nitrogen and oxygen atoms in total. The summed E-state index contributed by atoms with van der Waals surface area (Å²) in [4.78, 5) is 12.5. The summed E-state index contributed by atoms with van der Waals surface area (Å²) in [6.07, 6.45) is 0. The van der Waals surface area contributed by atoms with Gasteiger partial charge in [0.05, 0.1) is 12.4 Å². The summed E-state index contributed by atoms with van der Waals surface area (Å²) in [5.74, 6) is -0.954. The van der Waals surface area contributed by atoms with E-state index < -0.39 is 16.9 Å². The van der Waals surface area contributed by atoms with Crippen molar-refractivity contribution in [3.05, 3.63) is 59.7 Å². The Morgan fingerprint density at radius 1 is 1.11 bits per heavy atom. The number of thioether (sulfide) groups is 1. The highest BCUT2D eigenvalue weighted by atomic mass is 32.2. The third kappa shape index (κ3) is 4.00. The highest BCUT2D eigenvalue weighted by Gasteiger charge is 2.21. The Morgan fingerprint density at radius 2 is 1.81 bits per heavy atom. The predicted octanol–water partition coefficient (Wildman–Crippen LogP) is 4.13. The van der Waals surface area contributed by atoms with Crippen LogP contribution < -0.4 is 4.74 Å². The van der Waals surface area contributed by atoms with E-state index in [1.165, 1.54) is 17.8 Å². The molecular weight excluding hydrogens is 372 g/mol. The van der Waals surface area contributed by atoms with Gasteiger partial charge in [-0.3, -0.25) is 4.79 Å². The minimum Gasteiger partial charge on any atom is -0.497 e. The van der Waals surface area contributed by atoms with Crippen molar-refractivity contribution < 1.29 is 18.3 Å². The molecule has 0 unspecified atom stereocenters. The monoisotopic (exact) mass is 389 g/mol. The second kappa shape index (κ2) is 7.87. The molecule has 0 aliphatic heterocycles. The Morgan fingerprint density at radius 3 is 2.44 bits per heavy atom. The largest absolute Gasteiger partial charge is 0.497 e. The second-order valence-corrected chi connectivity index (χ2v) is 7.15. The molecule has 8 heteroatoms. The van der Waals surface area contributed by atoms with Gasteiger partial charge in [-0.15, -0.1) is 10.2 Å². The first-order valence-electron chi connectivity index (χ1n) is 8.10. The van der Waals surface area contributed by atoms with Gasteiger partial charge in [0.1, 0.15) is 5.75 Å². The number of benzene rings is 2. The lowest BCUT2D eigenvalue weighted by Gasteiger charge is -2.10. The number of Topliss-reactive ketones (excluding diaryl/α,β-unsaturated/α-hetero) is 1. The smallest absolute Gasteiger partial charge is 0.191 e. The number of methoxy groups -OCH3 is 1. The van der Waals surface area contributed by atoms with Crippen molar-refractivity contribution in [2.75, 3.05) is 7.11 Å². The van der Waals surface area contributed by atoms with Crippen LogP contribution in [-0.2, 0) is 7.05 Å². The standard InChI is InChI=1S/C19H17F2N3O2S/c1-11(17(25)13-6-9-15(20)16(21)10-13)27-19-23-22-18(24(19)2)12-4-7-14(26-3)8-5-12/h4-11H,1-3H3/t11-/m1/s1. The number of nitrogens with zero attached hydrogens (tertiary/aromatic N) is 3. The number of ketones is 1. The van der Waals surface area contributed by atoms with Crippen LogP contribution in [0, 0.1) is 11.6 Å². The van der Waals surface area contributed by atoms with Crippen molar-refractivity contribution in [2.45, 2.75) is 17.3 Å². The summed E-state index contributed by atoms with van der Waals surface area (Å²) in [6.45, 7) is 1.69. The number of ether oxygens (including phenoxy) is 1. The zero-order valence-corrected chi connectivity index (χ0v) is 15.8. The van der Waals surface area contributed by atoms with Crippen LogP contribution in [0.1, 0.15) is 17.3 Å². The first kappa shape index (κ1) is 19.0. The Labute approximate surface area is 159 Å². The zero-order chi connectivity index (χ0) is 19.6. The molecule has 1 atom stereocenters. The molecular formula is C19H17F2N3O2S. The molecule has 0 N–H and O–H groups in total. The summed E-state index contributed by atoms with van der Waals surface area (Å²) in [5, 5.41) is 8.33. The molecule has 27 heavy (non-hydrogen) atoms. The minimum absolute atomic E-state index is 0.117. The summed E-state index contributed by atoms with van der Waals surface area (Å²) in [6, 6.07) is 10.5. The van der Waals surface area contributed by atoms with Gasteiger partial charge in [-0.1, -0.05) is 11.8 Å². The van der Waals surface area contributed by atoms with Crippen molar-refractivity contribution in [2.24, 2.45) is 7.05 Å². The van der Waals surface area contributed by atoms with Crippen LogP contribution >= 0.6 is 11.8 Å². The number of carbonyl (C=O) groups is 1. The lowest BCUT2D eigenvalue weighted by atomic mass is 10.1. The fourth-order valence-electron chi connectivity index (χ4n) is 2.50. The van der Waals surface area contributed by atoms with E-state index in [-0.39, 0.29) is 11.3 Å². The predicted molar refractivity (Wildman–Crippen MR) is 99.0 cm³/mol. The molecule has 0 aliphatic rings. The van der Waals surface area contributed by atoms with Crippen molar-refractivity contribution in [3.8, 4) is 17.1 Å². The lowest BCUT2D eigenvalue weighted by molar-refractivity contribution is 0.0993. The number of aromatic nitrogens is 3. The molecule has 0 saturated heterocycles. The fourth-order valence-corrected chi connectivity index (χ4v) is 3.40. The minimum atomic E-state index is -1.04. The fraction of sp³-hybridized carbons (Fsp3) is 0.211. The number of hydrogen-bond acceptors (Lipinski definition) is 5. The average molecular weight is 389 g/mol. The summed E-state index contributed by atoms with van der Waals surface area (Å²) in [7, 11) is 3.40. The van der Waals surface area contributed by atoms with Gasteiger partial charge < -0.3 is 9.30 Å². The molecule has 0 radical (unpaired) electrons. The normalized spacial score (nSPS) is 12.0. The first-order chi connectivity index (χ1) is 12.9. The molecule has 0 aliphatic carbocycles. The van der Waals surface area contributed by atoms with E-state index in [9.17, 15) is 13.6 Å². The average Bonchev–Trinajstić information content (AvgIpc) is 3.03. The van der Waals surface area contributed by atoms with Crippen LogP contribution in [0.2, 0.25) is 0 Å². The molecule has 2 aromatic carbocycles. The molecule has 0 amide bonds. The van der Waals surface area contributed by atoms with Gasteiger partial charge in [-0.25, -0.2) is 8.78 Å². The maximum Gasteiger partial charge on any atom is 0.191 e. The molecule has 3 aromatic rings. The van der Waals surface area contributed by atoms with E-state index >= 15 is 0 Å². The molecule has 140 valence electrons. The topological polar surface area (TPSA) is 57.0 Å². The third-order valence-electron chi connectivity index (χ3n) is 4.04. The van der Waals surface area contributed by atoms with Crippen LogP contribution in [0.5, 0.6) is 5.75 Å². The van der Waals surface area contributed by atoms with Crippen LogP contribution in [0.25, 0.3) is 11.4 Å². The summed E-state index contributed by atoms with van der Waals surface area (Å²) in [5.41, 5.74) is 0.976. The Bertz CT molecular complexity index is 974. The number of halogens is 2. The Balaban J connectivity index is 1.78. The second-order valence-electron chi connectivity index (χ2n) is 5.85.